The van der Waals surface area contributed by atoms with Crippen molar-refractivity contribution in [3.8, 4) is 11.1 Å². The van der Waals surface area contributed by atoms with Crippen LogP contribution in [0.3, 0.4) is 0 Å². The Hall–Kier alpha value is -3.64. The maximum atomic E-state index is 13.3. The van der Waals surface area contributed by atoms with Gasteiger partial charge in [-0.15, -0.1) is 5.53 Å². The molecule has 3 heterocycles. The summed E-state index contributed by atoms with van der Waals surface area (Å²) in [6.45, 7) is 1.35. The number of halogens is 4. The molecule has 3 aromatic rings. The first kappa shape index (κ1) is 22.6. The van der Waals surface area contributed by atoms with Gasteiger partial charge in [-0.3, -0.25) is 9.80 Å². The van der Waals surface area contributed by atoms with Crippen LogP contribution in [-0.2, 0) is 6.54 Å². The van der Waals surface area contributed by atoms with Crippen LogP contribution in [0, 0.1) is 5.82 Å². The van der Waals surface area contributed by atoms with E-state index in [0.29, 0.717) is 22.2 Å². The van der Waals surface area contributed by atoms with Crippen LogP contribution in [0.15, 0.2) is 54.5 Å². The molecule has 12 heteroatoms. The molecule has 0 fully saturated rings. The van der Waals surface area contributed by atoms with Gasteiger partial charge < -0.3 is 16.3 Å². The Morgan fingerprint density at radius 3 is 2.48 bits per heavy atom. The number of amides is 1. The first-order valence-electron chi connectivity index (χ1n) is 9.90. The van der Waals surface area contributed by atoms with Gasteiger partial charge >= 0.3 is 6.18 Å². The molecular formula is C21H20F4N6O2. The number of primary amides is 1. The summed E-state index contributed by atoms with van der Waals surface area (Å²) in [5.41, 5.74) is 9.15. The van der Waals surface area contributed by atoms with E-state index in [1.807, 2.05) is 0 Å². The van der Waals surface area contributed by atoms with Crippen molar-refractivity contribution in [1.29, 1.82) is 0 Å². The summed E-state index contributed by atoms with van der Waals surface area (Å²) in [4.78, 5) is 12.0. The van der Waals surface area contributed by atoms with Crippen molar-refractivity contribution < 1.29 is 27.5 Å². The maximum absolute atomic E-state index is 13.3. The second kappa shape index (κ2) is 8.05. The molecule has 2 aromatic heterocycles. The van der Waals surface area contributed by atoms with Gasteiger partial charge in [-0.2, -0.15) is 18.3 Å². The molecule has 5 N–H and O–H groups in total. The van der Waals surface area contributed by atoms with Crippen molar-refractivity contribution in [1.82, 2.24) is 25.6 Å². The van der Waals surface area contributed by atoms with Gasteiger partial charge in [0.05, 0.1) is 17.8 Å². The number of hydrogen-bond acceptors (Lipinski definition) is 6. The first-order chi connectivity index (χ1) is 15.5. The number of hydrogen-bond donors (Lipinski definition) is 4. The normalized spacial score (nSPS) is 15.9. The number of pyridine rings is 1. The first-order valence-corrected chi connectivity index (χ1v) is 9.90. The minimum atomic E-state index is -4.85. The smallest absolute Gasteiger partial charge is 0.375 e. The Labute approximate surface area is 185 Å². The molecule has 0 saturated carbocycles. The van der Waals surface area contributed by atoms with Crippen molar-refractivity contribution in [2.45, 2.75) is 31.7 Å². The summed E-state index contributed by atoms with van der Waals surface area (Å²) in [5, 5.41) is 15.7. The molecule has 0 radical (unpaired) electrons. The zero-order valence-corrected chi connectivity index (χ0v) is 17.3. The molecule has 8 nitrogen and oxygen atoms in total. The van der Waals surface area contributed by atoms with E-state index in [1.165, 1.54) is 40.7 Å². The molecule has 0 bridgehead atoms. The van der Waals surface area contributed by atoms with Crippen LogP contribution in [0.4, 0.5) is 17.6 Å². The van der Waals surface area contributed by atoms with Crippen LogP contribution < -0.4 is 16.7 Å². The molecule has 1 aliphatic heterocycles. The number of aromatic nitrogens is 2. The number of nitrogens with zero attached hydrogens (tertiary/aromatic N) is 3. The van der Waals surface area contributed by atoms with E-state index in [4.69, 9.17) is 5.73 Å². The van der Waals surface area contributed by atoms with E-state index in [0.717, 1.165) is 6.20 Å². The molecule has 174 valence electrons. The second-order valence-electron chi connectivity index (χ2n) is 7.58. The largest absolute Gasteiger partial charge is 0.422 e. The van der Waals surface area contributed by atoms with Gasteiger partial charge in [-0.1, -0.05) is 25.1 Å². The molecule has 0 spiro atoms. The van der Waals surface area contributed by atoms with E-state index in [9.17, 15) is 27.5 Å². The third-order valence-electron chi connectivity index (χ3n) is 5.46. The van der Waals surface area contributed by atoms with Gasteiger partial charge in [0.2, 0.25) is 5.60 Å². The van der Waals surface area contributed by atoms with E-state index < -0.39 is 35.6 Å². The van der Waals surface area contributed by atoms with Crippen LogP contribution in [0.25, 0.3) is 16.6 Å². The van der Waals surface area contributed by atoms with Gasteiger partial charge in [0.15, 0.2) is 5.69 Å². The Balaban J connectivity index is 1.65. The minimum absolute atomic E-state index is 0.0000848. The highest BCUT2D eigenvalue weighted by atomic mass is 19.4. The third kappa shape index (κ3) is 3.98. The second-order valence-corrected chi connectivity index (χ2v) is 7.58. The van der Waals surface area contributed by atoms with Gasteiger partial charge in [0.25, 0.3) is 5.91 Å². The van der Waals surface area contributed by atoms with Gasteiger partial charge in [-0.25, -0.2) is 8.91 Å². The standard InChI is InChI=1S/C21H20F4N6O2/c1-2-20(33,21(23,24)25)16-11-30(29-27-16)9-12-3-8-15-17(13-4-6-14(22)7-5-13)18(19(26)32)28-31(15)10-12/h3-8,10-11,27,29,33H,2,9H2,1H3,(H2,26,32). The molecule has 4 rings (SSSR count). The number of nitrogens with one attached hydrogen (secondary N) is 2. The molecule has 0 saturated heterocycles. The van der Waals surface area contributed by atoms with Gasteiger partial charge in [-0.05, 0) is 35.7 Å². The zero-order chi connectivity index (χ0) is 24.0. The molecule has 1 aliphatic rings. The highest BCUT2D eigenvalue weighted by molar-refractivity contribution is 6.02. The molecular weight excluding hydrogens is 444 g/mol. The fourth-order valence-corrected chi connectivity index (χ4v) is 3.65. The number of rotatable bonds is 6. The van der Waals surface area contributed by atoms with Crippen LogP contribution in [0.1, 0.15) is 29.4 Å². The molecule has 33 heavy (non-hydrogen) atoms. The van der Waals surface area contributed by atoms with E-state index in [2.05, 4.69) is 16.1 Å². The van der Waals surface area contributed by atoms with Crippen molar-refractivity contribution in [3.63, 3.8) is 0 Å². The maximum Gasteiger partial charge on any atom is 0.422 e. The molecule has 0 aliphatic carbocycles. The lowest BCUT2D eigenvalue weighted by Gasteiger charge is -2.29. The number of hydrazine groups is 2. The highest BCUT2D eigenvalue weighted by Gasteiger charge is 2.56. The average Bonchev–Trinajstić information content (AvgIpc) is 3.38. The zero-order valence-electron chi connectivity index (χ0n) is 17.3. The summed E-state index contributed by atoms with van der Waals surface area (Å²) >= 11 is 0. The predicted molar refractivity (Wildman–Crippen MR) is 110 cm³/mol. The Kier molecular flexibility index (Phi) is 5.50. The molecule has 1 unspecified atom stereocenters. The molecule has 1 amide bonds. The summed E-state index contributed by atoms with van der Waals surface area (Å²) in [7, 11) is 0. The lowest BCUT2D eigenvalue weighted by molar-refractivity contribution is -0.246. The SMILES string of the molecule is CCC(O)(C1=CN(Cc2ccc3c(-c4ccc(F)cc4)c(C(N)=O)nn3c2)NN1)C(F)(F)F. The molecule has 1 aromatic carbocycles. The fraction of sp³-hybridized carbons (Fsp3) is 0.238. The highest BCUT2D eigenvalue weighted by Crippen LogP contribution is 2.38. The quantitative estimate of drug-likeness (QED) is 0.418. The fourth-order valence-electron chi connectivity index (χ4n) is 3.65. The monoisotopic (exact) mass is 464 g/mol. The van der Waals surface area contributed by atoms with Crippen LogP contribution >= 0.6 is 0 Å². The van der Waals surface area contributed by atoms with Crippen molar-refractivity contribution in [2.75, 3.05) is 0 Å². The minimum Gasteiger partial charge on any atom is -0.375 e. The number of aliphatic hydroxyl groups is 1. The van der Waals surface area contributed by atoms with Crippen molar-refractivity contribution in [3.05, 3.63) is 71.6 Å². The van der Waals surface area contributed by atoms with E-state index in [1.54, 1.807) is 18.3 Å². The summed E-state index contributed by atoms with van der Waals surface area (Å²) in [6, 6.07) is 8.92. The number of fused-ring (bicyclic) bond motifs is 1. The summed E-state index contributed by atoms with van der Waals surface area (Å²) < 4.78 is 54.7. The van der Waals surface area contributed by atoms with Crippen molar-refractivity contribution in [2.24, 2.45) is 5.73 Å². The molecule has 1 atom stereocenters. The Morgan fingerprint density at radius 1 is 1.18 bits per heavy atom. The van der Waals surface area contributed by atoms with Gasteiger partial charge in [0.1, 0.15) is 5.82 Å². The van der Waals surface area contributed by atoms with Crippen LogP contribution in [0.5, 0.6) is 0 Å². The summed E-state index contributed by atoms with van der Waals surface area (Å²) in [5.74, 6) is -1.19. The number of carbonyl (C=O) groups excluding carboxylic acids is 1. The Morgan fingerprint density at radius 2 is 1.88 bits per heavy atom. The van der Waals surface area contributed by atoms with Crippen LogP contribution in [0.2, 0.25) is 0 Å². The van der Waals surface area contributed by atoms with E-state index in [-0.39, 0.29) is 12.2 Å². The number of alkyl halides is 3. The third-order valence-corrected chi connectivity index (χ3v) is 5.46. The number of benzene rings is 1. The lowest BCUT2D eigenvalue weighted by atomic mass is 9.96. The average molecular weight is 464 g/mol. The lowest BCUT2D eigenvalue weighted by Crippen LogP contribution is -2.50. The van der Waals surface area contributed by atoms with Crippen LogP contribution in [-0.4, -0.2) is 37.4 Å². The predicted octanol–water partition coefficient (Wildman–Crippen LogP) is 2.61. The topological polar surface area (TPSA) is 108 Å². The summed E-state index contributed by atoms with van der Waals surface area (Å²) in [6.07, 6.45) is -2.68. The number of nitrogens with two attached hydrogens (primary N) is 1. The Bertz CT molecular complexity index is 1240. The van der Waals surface area contributed by atoms with Crippen molar-refractivity contribution >= 4 is 11.4 Å². The van der Waals surface area contributed by atoms with E-state index >= 15 is 0 Å². The van der Waals surface area contributed by atoms with Gasteiger partial charge in [0, 0.05) is 18.0 Å². The number of carbonyl (C=O) groups is 1.